The Balaban J connectivity index is 1.81. The number of hydrogen-bond acceptors (Lipinski definition) is 5. The van der Waals surface area contributed by atoms with Gasteiger partial charge in [0.2, 0.25) is 0 Å². The van der Waals surface area contributed by atoms with Gasteiger partial charge in [0.25, 0.3) is 5.91 Å². The van der Waals surface area contributed by atoms with Gasteiger partial charge in [0.05, 0.1) is 24.2 Å². The number of thiocarbonyl (C=S) groups is 1. The molecule has 3 N–H and O–H groups in total. The number of carbonyl (C=O) groups excluding carboxylic acids is 1. The van der Waals surface area contributed by atoms with E-state index < -0.39 is 6.10 Å². The summed E-state index contributed by atoms with van der Waals surface area (Å²) < 4.78 is 0. The molecule has 0 saturated heterocycles. The van der Waals surface area contributed by atoms with E-state index in [4.69, 9.17) is 29.1 Å². The van der Waals surface area contributed by atoms with Crippen molar-refractivity contribution in [2.45, 2.75) is 18.9 Å². The predicted molar refractivity (Wildman–Crippen MR) is 102 cm³/mol. The SMILES string of the molecule is N#CCc1cccc(NCC(O)CNC(=O)C2=CC(Cl)=CCC2=S)c1. The summed E-state index contributed by atoms with van der Waals surface area (Å²) in [6.45, 7) is 0.353. The molecule has 1 atom stereocenters. The Bertz CT molecular complexity index is 768. The van der Waals surface area contributed by atoms with E-state index in [9.17, 15) is 9.90 Å². The Labute approximate surface area is 157 Å². The molecule has 1 amide bonds. The molecule has 0 aliphatic heterocycles. The highest BCUT2D eigenvalue weighted by molar-refractivity contribution is 7.81. The van der Waals surface area contributed by atoms with E-state index in [-0.39, 0.29) is 19.0 Å². The number of allylic oxidation sites excluding steroid dienone is 3. The molecular weight excluding hydrogens is 358 g/mol. The molecule has 130 valence electrons. The first-order chi connectivity index (χ1) is 12.0. The van der Waals surface area contributed by atoms with Crippen LogP contribution in [0.1, 0.15) is 12.0 Å². The summed E-state index contributed by atoms with van der Waals surface area (Å²) in [7, 11) is 0. The Hall–Kier alpha value is -2.20. The van der Waals surface area contributed by atoms with Gasteiger partial charge in [-0.05, 0) is 23.8 Å². The zero-order valence-electron chi connectivity index (χ0n) is 13.5. The smallest absolute Gasteiger partial charge is 0.252 e. The number of nitrogens with one attached hydrogen (secondary N) is 2. The second-order valence-electron chi connectivity index (χ2n) is 5.55. The summed E-state index contributed by atoms with van der Waals surface area (Å²) in [4.78, 5) is 12.7. The zero-order valence-corrected chi connectivity index (χ0v) is 15.0. The first kappa shape index (κ1) is 19.1. The van der Waals surface area contributed by atoms with Crippen molar-refractivity contribution >= 4 is 40.3 Å². The van der Waals surface area contributed by atoms with Crippen molar-refractivity contribution < 1.29 is 9.90 Å². The van der Waals surface area contributed by atoms with E-state index in [1.54, 1.807) is 6.08 Å². The molecule has 5 nitrogen and oxygen atoms in total. The maximum Gasteiger partial charge on any atom is 0.252 e. The number of halogens is 1. The number of aliphatic hydroxyl groups excluding tert-OH is 1. The van der Waals surface area contributed by atoms with Crippen LogP contribution in [0, 0.1) is 11.3 Å². The highest BCUT2D eigenvalue weighted by Gasteiger charge is 2.18. The molecule has 1 aliphatic rings. The first-order valence-corrected chi connectivity index (χ1v) is 8.55. The van der Waals surface area contributed by atoms with Crippen LogP contribution in [-0.2, 0) is 11.2 Å². The molecule has 1 aromatic carbocycles. The third kappa shape index (κ3) is 5.98. The van der Waals surface area contributed by atoms with Gasteiger partial charge >= 0.3 is 0 Å². The molecule has 1 unspecified atom stereocenters. The van der Waals surface area contributed by atoms with Crippen molar-refractivity contribution in [2.24, 2.45) is 0 Å². The van der Waals surface area contributed by atoms with Crippen LogP contribution >= 0.6 is 23.8 Å². The molecule has 0 spiro atoms. The number of amides is 1. The van der Waals surface area contributed by atoms with Gasteiger partial charge in [0.1, 0.15) is 0 Å². The average Bonchev–Trinajstić information content (AvgIpc) is 2.60. The summed E-state index contributed by atoms with van der Waals surface area (Å²) in [6, 6.07) is 9.51. The molecule has 0 fully saturated rings. The second kappa shape index (κ2) is 9.33. The fraction of sp³-hybridized carbons (Fsp3) is 0.278. The number of nitriles is 1. The van der Waals surface area contributed by atoms with Gasteiger partial charge in [-0.1, -0.05) is 42.0 Å². The van der Waals surface area contributed by atoms with Crippen LogP contribution in [0.15, 0.2) is 47.0 Å². The number of aliphatic hydroxyl groups is 1. The summed E-state index contributed by atoms with van der Waals surface area (Å²) in [6.07, 6.45) is 3.32. The number of carbonyl (C=O) groups is 1. The van der Waals surface area contributed by atoms with E-state index in [1.807, 2.05) is 24.3 Å². The number of hydrogen-bond donors (Lipinski definition) is 3. The normalized spacial score (nSPS) is 14.8. The number of nitrogens with zero attached hydrogens (tertiary/aromatic N) is 1. The van der Waals surface area contributed by atoms with E-state index in [1.165, 1.54) is 6.08 Å². The summed E-state index contributed by atoms with van der Waals surface area (Å²) in [5.74, 6) is -0.341. The quantitative estimate of drug-likeness (QED) is 0.637. The van der Waals surface area contributed by atoms with Crippen LogP contribution in [0.2, 0.25) is 0 Å². The standard InChI is InChI=1S/C18H18ClN3O2S/c19-13-4-5-17(25)16(9-13)18(24)22-11-15(23)10-21-14-3-1-2-12(8-14)6-7-20/h1-4,8-9,15,21,23H,5-6,10-11H2,(H,22,24). The van der Waals surface area contributed by atoms with Gasteiger partial charge in [-0.2, -0.15) is 5.26 Å². The van der Waals surface area contributed by atoms with Gasteiger partial charge in [0, 0.05) is 35.1 Å². The van der Waals surface area contributed by atoms with Gasteiger partial charge < -0.3 is 15.7 Å². The van der Waals surface area contributed by atoms with Crippen LogP contribution in [0.25, 0.3) is 0 Å². The number of benzene rings is 1. The largest absolute Gasteiger partial charge is 0.389 e. The topological polar surface area (TPSA) is 85.2 Å². The molecule has 1 aromatic rings. The van der Waals surface area contributed by atoms with Crippen molar-refractivity contribution in [3.8, 4) is 6.07 Å². The van der Waals surface area contributed by atoms with Gasteiger partial charge in [-0.3, -0.25) is 4.79 Å². The van der Waals surface area contributed by atoms with E-state index in [0.717, 1.165) is 11.3 Å². The fourth-order valence-electron chi connectivity index (χ4n) is 2.27. The van der Waals surface area contributed by atoms with E-state index in [0.29, 0.717) is 28.3 Å². The predicted octanol–water partition coefficient (Wildman–Crippen LogP) is 2.46. The number of rotatable bonds is 7. The first-order valence-electron chi connectivity index (χ1n) is 7.76. The lowest BCUT2D eigenvalue weighted by Crippen LogP contribution is -2.37. The van der Waals surface area contributed by atoms with Crippen molar-refractivity contribution in [3.05, 3.63) is 52.6 Å². The van der Waals surface area contributed by atoms with Crippen LogP contribution in [0.4, 0.5) is 5.69 Å². The highest BCUT2D eigenvalue weighted by atomic mass is 35.5. The highest BCUT2D eigenvalue weighted by Crippen LogP contribution is 2.18. The molecular formula is C18H18ClN3O2S. The molecule has 2 rings (SSSR count). The fourth-order valence-corrected chi connectivity index (χ4v) is 2.69. The maximum absolute atomic E-state index is 12.1. The van der Waals surface area contributed by atoms with Gasteiger partial charge in [-0.25, -0.2) is 0 Å². The van der Waals surface area contributed by atoms with Crippen LogP contribution < -0.4 is 10.6 Å². The average molecular weight is 376 g/mol. The Morgan fingerprint density at radius 3 is 3.00 bits per heavy atom. The number of anilines is 1. The maximum atomic E-state index is 12.1. The van der Waals surface area contributed by atoms with E-state index >= 15 is 0 Å². The minimum atomic E-state index is -0.771. The minimum Gasteiger partial charge on any atom is -0.389 e. The third-order valence-electron chi connectivity index (χ3n) is 3.56. The summed E-state index contributed by atoms with van der Waals surface area (Å²) >= 11 is 11.1. The molecule has 25 heavy (non-hydrogen) atoms. The van der Waals surface area contributed by atoms with Crippen molar-refractivity contribution in [1.29, 1.82) is 5.26 Å². The molecule has 0 saturated carbocycles. The van der Waals surface area contributed by atoms with Crippen LogP contribution in [0.3, 0.4) is 0 Å². The monoisotopic (exact) mass is 375 g/mol. The third-order valence-corrected chi connectivity index (χ3v) is 4.21. The van der Waals surface area contributed by atoms with Crippen molar-refractivity contribution in [2.75, 3.05) is 18.4 Å². The molecule has 0 aromatic heterocycles. The Morgan fingerprint density at radius 2 is 2.24 bits per heavy atom. The Morgan fingerprint density at radius 1 is 1.44 bits per heavy atom. The van der Waals surface area contributed by atoms with Crippen LogP contribution in [0.5, 0.6) is 0 Å². The van der Waals surface area contributed by atoms with E-state index in [2.05, 4.69) is 16.7 Å². The molecule has 0 bridgehead atoms. The molecule has 7 heteroatoms. The minimum absolute atomic E-state index is 0.0883. The lowest BCUT2D eigenvalue weighted by Gasteiger charge is -2.16. The summed E-state index contributed by atoms with van der Waals surface area (Å²) in [5, 5.41) is 25.0. The zero-order chi connectivity index (χ0) is 18.2. The van der Waals surface area contributed by atoms with Gasteiger partial charge in [-0.15, -0.1) is 0 Å². The lowest BCUT2D eigenvalue weighted by atomic mass is 10.0. The van der Waals surface area contributed by atoms with Crippen molar-refractivity contribution in [3.63, 3.8) is 0 Å². The second-order valence-corrected chi connectivity index (χ2v) is 6.48. The summed E-state index contributed by atoms with van der Waals surface area (Å²) in [5.41, 5.74) is 2.08. The van der Waals surface area contributed by atoms with Gasteiger partial charge in [0.15, 0.2) is 0 Å². The molecule has 1 aliphatic carbocycles. The Kier molecular flexibility index (Phi) is 7.14. The molecule has 0 heterocycles. The molecule has 0 radical (unpaired) electrons. The lowest BCUT2D eigenvalue weighted by molar-refractivity contribution is -0.117. The van der Waals surface area contributed by atoms with Crippen LogP contribution in [-0.4, -0.2) is 35.1 Å². The van der Waals surface area contributed by atoms with Crippen molar-refractivity contribution in [1.82, 2.24) is 5.32 Å².